The van der Waals surface area contributed by atoms with E-state index in [1.165, 1.54) is 0 Å². The Labute approximate surface area is 114 Å². The molecular weight excluding hydrogens is 246 g/mol. The Hall–Kier alpha value is -1.10. The molecule has 2 N–H and O–H groups in total. The van der Waals surface area contributed by atoms with Crippen LogP contribution in [0.5, 0.6) is 0 Å². The van der Waals surface area contributed by atoms with Gasteiger partial charge in [0.15, 0.2) is 0 Å². The Balaban J connectivity index is 2.55. The van der Waals surface area contributed by atoms with Gasteiger partial charge in [0.1, 0.15) is 6.10 Å². The van der Waals surface area contributed by atoms with Crippen molar-refractivity contribution in [3.8, 4) is 0 Å². The second kappa shape index (κ2) is 7.48. The average Bonchev–Trinajstić information content (AvgIpc) is 2.35. The van der Waals surface area contributed by atoms with Crippen molar-refractivity contribution < 1.29 is 19.4 Å². The van der Waals surface area contributed by atoms with E-state index >= 15 is 0 Å². The van der Waals surface area contributed by atoms with Gasteiger partial charge in [0.25, 0.3) is 0 Å². The number of carbonyl (C=O) groups excluding carboxylic acids is 2. The number of amides is 1. The lowest BCUT2D eigenvalue weighted by Gasteiger charge is -2.36. The lowest BCUT2D eigenvalue weighted by molar-refractivity contribution is -0.164. The Bertz CT molecular complexity index is 317. The van der Waals surface area contributed by atoms with Crippen molar-refractivity contribution in [2.24, 2.45) is 17.8 Å². The van der Waals surface area contributed by atoms with Crippen molar-refractivity contribution >= 4 is 11.9 Å². The molecule has 1 rings (SSSR count). The van der Waals surface area contributed by atoms with Crippen molar-refractivity contribution in [2.75, 3.05) is 13.2 Å². The predicted octanol–water partition coefficient (Wildman–Crippen LogP) is 1.10. The average molecular weight is 271 g/mol. The van der Waals surface area contributed by atoms with Crippen LogP contribution in [-0.4, -0.2) is 36.2 Å². The predicted molar refractivity (Wildman–Crippen MR) is 71.3 cm³/mol. The fourth-order valence-corrected chi connectivity index (χ4v) is 2.68. The number of esters is 1. The molecule has 0 bridgehead atoms. The Morgan fingerprint density at radius 1 is 1.37 bits per heavy atom. The molecule has 5 heteroatoms. The molecule has 0 spiro atoms. The first-order chi connectivity index (χ1) is 8.95. The fraction of sp³-hybridized carbons (Fsp3) is 0.857. The van der Waals surface area contributed by atoms with Crippen LogP contribution >= 0.6 is 0 Å². The second-order valence-electron chi connectivity index (χ2n) is 5.75. The fourth-order valence-electron chi connectivity index (χ4n) is 2.68. The van der Waals surface area contributed by atoms with E-state index in [9.17, 15) is 9.59 Å². The van der Waals surface area contributed by atoms with Crippen LogP contribution in [0.1, 0.15) is 40.0 Å². The molecule has 1 aliphatic rings. The van der Waals surface area contributed by atoms with E-state index in [1.54, 1.807) is 0 Å². The smallest absolute Gasteiger partial charge is 0.397 e. The molecule has 5 nitrogen and oxygen atoms in total. The third-order valence-electron chi connectivity index (χ3n) is 3.80. The molecule has 0 aliphatic heterocycles. The van der Waals surface area contributed by atoms with E-state index in [4.69, 9.17) is 9.84 Å². The van der Waals surface area contributed by atoms with Gasteiger partial charge in [0.2, 0.25) is 0 Å². The Kier molecular flexibility index (Phi) is 6.28. The molecule has 1 amide bonds. The first-order valence-corrected chi connectivity index (χ1v) is 7.05. The third kappa shape index (κ3) is 4.82. The van der Waals surface area contributed by atoms with E-state index < -0.39 is 11.9 Å². The number of carbonyl (C=O) groups is 2. The highest BCUT2D eigenvalue weighted by atomic mass is 16.5. The van der Waals surface area contributed by atoms with E-state index in [0.717, 1.165) is 19.3 Å². The van der Waals surface area contributed by atoms with Crippen molar-refractivity contribution in [1.29, 1.82) is 0 Å². The maximum absolute atomic E-state index is 11.7. The molecule has 1 fully saturated rings. The van der Waals surface area contributed by atoms with Crippen molar-refractivity contribution in [2.45, 2.75) is 46.1 Å². The van der Waals surface area contributed by atoms with Crippen LogP contribution in [0, 0.1) is 17.8 Å². The maximum Gasteiger partial charge on any atom is 0.397 e. The van der Waals surface area contributed by atoms with Gasteiger partial charge in [0, 0.05) is 6.54 Å². The maximum atomic E-state index is 11.7. The summed E-state index contributed by atoms with van der Waals surface area (Å²) in [5.41, 5.74) is 0. The zero-order chi connectivity index (χ0) is 14.4. The third-order valence-corrected chi connectivity index (χ3v) is 3.80. The number of hydrogen-bond donors (Lipinski definition) is 2. The minimum absolute atomic E-state index is 0.0720. The van der Waals surface area contributed by atoms with Gasteiger partial charge in [-0.2, -0.15) is 0 Å². The summed E-state index contributed by atoms with van der Waals surface area (Å²) >= 11 is 0. The molecule has 1 aliphatic carbocycles. The van der Waals surface area contributed by atoms with Crippen LogP contribution in [-0.2, 0) is 14.3 Å². The molecule has 0 aromatic rings. The summed E-state index contributed by atoms with van der Waals surface area (Å²) in [6.45, 7) is 6.26. The standard InChI is InChI=1S/C14H25NO4/c1-9(2)11-5-4-10(3)8-12(11)19-14(18)13(17)15-6-7-16/h9-12,16H,4-8H2,1-3H3,(H,15,17). The molecule has 3 unspecified atom stereocenters. The summed E-state index contributed by atoms with van der Waals surface area (Å²) in [7, 11) is 0. The molecular formula is C14H25NO4. The van der Waals surface area contributed by atoms with Crippen LogP contribution < -0.4 is 5.32 Å². The minimum atomic E-state index is -0.835. The molecule has 110 valence electrons. The van der Waals surface area contributed by atoms with Crippen LogP contribution in [0.15, 0.2) is 0 Å². The van der Waals surface area contributed by atoms with Gasteiger partial charge in [-0.25, -0.2) is 4.79 Å². The molecule has 0 aromatic heterocycles. The highest BCUT2D eigenvalue weighted by molar-refractivity contribution is 6.32. The minimum Gasteiger partial charge on any atom is -0.455 e. The van der Waals surface area contributed by atoms with Gasteiger partial charge >= 0.3 is 11.9 Å². The summed E-state index contributed by atoms with van der Waals surface area (Å²) in [4.78, 5) is 23.1. The summed E-state index contributed by atoms with van der Waals surface area (Å²) in [6.07, 6.45) is 2.83. The van der Waals surface area contributed by atoms with Crippen LogP contribution in [0.3, 0.4) is 0 Å². The number of hydrogen-bond acceptors (Lipinski definition) is 4. The molecule has 0 radical (unpaired) electrons. The van der Waals surface area contributed by atoms with Crippen molar-refractivity contribution in [3.05, 3.63) is 0 Å². The zero-order valence-corrected chi connectivity index (χ0v) is 12.0. The topological polar surface area (TPSA) is 75.6 Å². The zero-order valence-electron chi connectivity index (χ0n) is 12.0. The van der Waals surface area contributed by atoms with E-state index in [0.29, 0.717) is 17.8 Å². The van der Waals surface area contributed by atoms with Gasteiger partial charge in [-0.15, -0.1) is 0 Å². The first-order valence-electron chi connectivity index (χ1n) is 7.05. The lowest BCUT2D eigenvalue weighted by Crippen LogP contribution is -2.41. The summed E-state index contributed by atoms with van der Waals surface area (Å²) in [6, 6.07) is 0. The Morgan fingerprint density at radius 3 is 2.63 bits per heavy atom. The van der Waals surface area contributed by atoms with Gasteiger partial charge in [0.05, 0.1) is 6.61 Å². The quantitative estimate of drug-likeness (QED) is 0.593. The van der Waals surface area contributed by atoms with Crippen LogP contribution in [0.4, 0.5) is 0 Å². The normalized spacial score (nSPS) is 27.1. The highest BCUT2D eigenvalue weighted by Crippen LogP contribution is 2.35. The van der Waals surface area contributed by atoms with Crippen molar-refractivity contribution in [1.82, 2.24) is 5.32 Å². The highest BCUT2D eigenvalue weighted by Gasteiger charge is 2.34. The van der Waals surface area contributed by atoms with Gasteiger partial charge < -0.3 is 15.2 Å². The van der Waals surface area contributed by atoms with Crippen LogP contribution in [0.2, 0.25) is 0 Å². The van der Waals surface area contributed by atoms with Gasteiger partial charge in [-0.3, -0.25) is 4.79 Å². The number of aliphatic hydroxyl groups excluding tert-OH is 1. The number of aliphatic hydroxyl groups is 1. The van der Waals surface area contributed by atoms with Crippen molar-refractivity contribution in [3.63, 3.8) is 0 Å². The SMILES string of the molecule is CC1CCC(C(C)C)C(OC(=O)C(=O)NCCO)C1. The molecule has 3 atom stereocenters. The first kappa shape index (κ1) is 16.0. The molecule has 1 saturated carbocycles. The summed E-state index contributed by atoms with van der Waals surface area (Å²) in [5.74, 6) is -0.321. The molecule has 0 saturated heterocycles. The number of rotatable bonds is 4. The molecule has 0 aromatic carbocycles. The molecule has 19 heavy (non-hydrogen) atoms. The largest absolute Gasteiger partial charge is 0.455 e. The summed E-state index contributed by atoms with van der Waals surface area (Å²) in [5, 5.41) is 10.9. The number of nitrogens with one attached hydrogen (secondary N) is 1. The van der Waals surface area contributed by atoms with Gasteiger partial charge in [-0.1, -0.05) is 27.2 Å². The van der Waals surface area contributed by atoms with Crippen LogP contribution in [0.25, 0.3) is 0 Å². The molecule has 0 heterocycles. The van der Waals surface area contributed by atoms with E-state index in [1.807, 2.05) is 0 Å². The Morgan fingerprint density at radius 2 is 2.05 bits per heavy atom. The second-order valence-corrected chi connectivity index (χ2v) is 5.75. The monoisotopic (exact) mass is 271 g/mol. The number of ether oxygens (including phenoxy) is 1. The summed E-state index contributed by atoms with van der Waals surface area (Å²) < 4.78 is 5.36. The lowest BCUT2D eigenvalue weighted by atomic mass is 9.75. The van der Waals surface area contributed by atoms with E-state index in [2.05, 4.69) is 26.1 Å². The van der Waals surface area contributed by atoms with Gasteiger partial charge in [-0.05, 0) is 30.6 Å². The van der Waals surface area contributed by atoms with E-state index in [-0.39, 0.29) is 19.3 Å².